The van der Waals surface area contributed by atoms with Crippen molar-refractivity contribution in [1.29, 1.82) is 0 Å². The molecule has 0 spiro atoms. The fourth-order valence-electron chi connectivity index (χ4n) is 2.60. The molecule has 0 amide bonds. The summed E-state index contributed by atoms with van der Waals surface area (Å²) in [7, 11) is 0. The van der Waals surface area contributed by atoms with Crippen LogP contribution in [0.15, 0.2) is 15.8 Å². The van der Waals surface area contributed by atoms with Gasteiger partial charge < -0.3 is 14.9 Å². The number of nitrogens with one attached hydrogen (secondary N) is 1. The number of alkyl halides is 1. The van der Waals surface area contributed by atoms with E-state index in [1.165, 1.54) is 13.1 Å². The smallest absolute Gasteiger partial charge is 0.330 e. The summed E-state index contributed by atoms with van der Waals surface area (Å²) in [6, 6.07) is 0. The average molecular weight is 405 g/mol. The third-order valence-electron chi connectivity index (χ3n) is 4.08. The molecule has 24 heavy (non-hydrogen) atoms. The number of aryl methyl sites for hydroxylation is 1. The lowest BCUT2D eigenvalue weighted by atomic mass is 9.86. The van der Waals surface area contributed by atoms with E-state index < -0.39 is 51.7 Å². The van der Waals surface area contributed by atoms with Gasteiger partial charge in [-0.05, 0) is 20.8 Å². The third kappa shape index (κ3) is 2.79. The SMILES string of the molecule is CC(=O)C(O)[C@H]1O[C@@H](n2cc(C)c(=O)[nH]c2=O)[C@H](Br)[C@@]1(O)C(C)=O. The van der Waals surface area contributed by atoms with Crippen molar-refractivity contribution in [2.45, 2.75) is 49.6 Å². The second-order valence-corrected chi connectivity index (χ2v) is 6.75. The molecular formula is C14H17BrN2O7. The molecule has 1 aliphatic heterocycles. The van der Waals surface area contributed by atoms with Crippen LogP contribution in [0.4, 0.5) is 0 Å². The number of nitrogens with zero attached hydrogens (tertiary/aromatic N) is 1. The van der Waals surface area contributed by atoms with Crippen LogP contribution >= 0.6 is 15.9 Å². The lowest BCUT2D eigenvalue weighted by Gasteiger charge is -2.30. The van der Waals surface area contributed by atoms with Gasteiger partial charge in [0.15, 0.2) is 23.4 Å². The molecule has 0 saturated carbocycles. The van der Waals surface area contributed by atoms with Crippen molar-refractivity contribution in [3.8, 4) is 0 Å². The lowest BCUT2D eigenvalue weighted by molar-refractivity contribution is -0.158. The fourth-order valence-corrected chi connectivity index (χ4v) is 3.56. The zero-order chi connectivity index (χ0) is 18.4. The number of carbonyl (C=O) groups is 2. The summed E-state index contributed by atoms with van der Waals surface area (Å²) < 4.78 is 6.47. The minimum absolute atomic E-state index is 0.208. The number of halogens is 1. The Kier molecular flexibility index (Phi) is 4.96. The molecule has 1 fully saturated rings. The maximum absolute atomic E-state index is 12.0. The lowest BCUT2D eigenvalue weighted by Crippen LogP contribution is -2.56. The Hall–Kier alpha value is -1.62. The molecule has 3 N–H and O–H groups in total. The van der Waals surface area contributed by atoms with Gasteiger partial charge in [0.2, 0.25) is 0 Å². The highest BCUT2D eigenvalue weighted by molar-refractivity contribution is 9.09. The number of ether oxygens (including phenoxy) is 1. The molecule has 0 radical (unpaired) electrons. The van der Waals surface area contributed by atoms with Gasteiger partial charge in [0.1, 0.15) is 12.2 Å². The van der Waals surface area contributed by atoms with Crippen LogP contribution in [0, 0.1) is 6.92 Å². The van der Waals surface area contributed by atoms with Crippen LogP contribution in [-0.2, 0) is 14.3 Å². The maximum Gasteiger partial charge on any atom is 0.330 e. The summed E-state index contributed by atoms with van der Waals surface area (Å²) in [5.41, 5.74) is -3.43. The van der Waals surface area contributed by atoms with Gasteiger partial charge in [0.25, 0.3) is 5.56 Å². The van der Waals surface area contributed by atoms with Crippen molar-refractivity contribution in [3.63, 3.8) is 0 Å². The number of carbonyl (C=O) groups excluding carboxylic acids is 2. The molecule has 1 aliphatic rings. The molecule has 132 valence electrons. The Balaban J connectivity index is 2.57. The van der Waals surface area contributed by atoms with Gasteiger partial charge in [-0.25, -0.2) is 4.79 Å². The normalized spacial score (nSPS) is 31.0. The third-order valence-corrected chi connectivity index (χ3v) is 5.23. The minimum atomic E-state index is -2.24. The van der Waals surface area contributed by atoms with Crippen molar-refractivity contribution in [2.75, 3.05) is 0 Å². The van der Waals surface area contributed by atoms with Crippen LogP contribution in [0.3, 0.4) is 0 Å². The van der Waals surface area contributed by atoms with E-state index in [0.29, 0.717) is 0 Å². The monoisotopic (exact) mass is 404 g/mol. The second kappa shape index (κ2) is 6.36. The highest BCUT2D eigenvalue weighted by Crippen LogP contribution is 2.43. The predicted octanol–water partition coefficient (Wildman–Crippen LogP) is -1.22. The predicted molar refractivity (Wildman–Crippen MR) is 85.0 cm³/mol. The van der Waals surface area contributed by atoms with E-state index in [9.17, 15) is 29.4 Å². The van der Waals surface area contributed by atoms with Gasteiger partial charge >= 0.3 is 5.69 Å². The number of aliphatic hydroxyl groups excluding tert-OH is 1. The molecule has 0 aromatic carbocycles. The van der Waals surface area contributed by atoms with Crippen molar-refractivity contribution in [3.05, 3.63) is 32.6 Å². The topological polar surface area (TPSA) is 139 Å². The van der Waals surface area contributed by atoms with Crippen LogP contribution < -0.4 is 11.2 Å². The zero-order valence-corrected chi connectivity index (χ0v) is 14.7. The van der Waals surface area contributed by atoms with Crippen LogP contribution in [0.25, 0.3) is 0 Å². The van der Waals surface area contributed by atoms with Crippen LogP contribution in [-0.4, -0.2) is 54.0 Å². The summed E-state index contributed by atoms with van der Waals surface area (Å²) in [5, 5.41) is 20.8. The van der Waals surface area contributed by atoms with Gasteiger partial charge in [-0.3, -0.25) is 23.9 Å². The molecule has 1 unspecified atom stereocenters. The highest BCUT2D eigenvalue weighted by Gasteiger charge is 2.61. The first-order valence-corrected chi connectivity index (χ1v) is 7.96. The van der Waals surface area contributed by atoms with Crippen LogP contribution in [0.5, 0.6) is 0 Å². The molecule has 5 atom stereocenters. The van der Waals surface area contributed by atoms with Gasteiger partial charge in [-0.1, -0.05) is 15.9 Å². The number of rotatable bonds is 4. The van der Waals surface area contributed by atoms with E-state index in [1.54, 1.807) is 0 Å². The Morgan fingerprint density at radius 2 is 2.00 bits per heavy atom. The molecule has 0 aliphatic carbocycles. The molecule has 1 aromatic heterocycles. The van der Waals surface area contributed by atoms with Crippen LogP contribution in [0.2, 0.25) is 0 Å². The number of aromatic nitrogens is 2. The summed E-state index contributed by atoms with van der Waals surface area (Å²) in [6.45, 7) is 3.63. The number of hydrogen-bond acceptors (Lipinski definition) is 7. The van der Waals surface area contributed by atoms with Crippen molar-refractivity contribution < 1.29 is 24.5 Å². The average Bonchev–Trinajstić information content (AvgIpc) is 2.76. The van der Waals surface area contributed by atoms with E-state index in [-0.39, 0.29) is 5.56 Å². The maximum atomic E-state index is 12.0. The second-order valence-electron chi connectivity index (χ2n) is 5.76. The molecule has 2 rings (SSSR count). The zero-order valence-electron chi connectivity index (χ0n) is 13.1. The number of H-pyrrole nitrogens is 1. The number of aromatic amines is 1. The summed E-state index contributed by atoms with van der Waals surface area (Å²) in [5.74, 6) is -1.45. The first-order chi connectivity index (χ1) is 11.0. The summed E-state index contributed by atoms with van der Waals surface area (Å²) in [6.07, 6.45) is -3.34. The quantitative estimate of drug-likeness (QED) is 0.534. The van der Waals surface area contributed by atoms with Gasteiger partial charge in [0, 0.05) is 11.8 Å². The Morgan fingerprint density at radius 3 is 2.50 bits per heavy atom. The van der Waals surface area contributed by atoms with E-state index in [4.69, 9.17) is 4.74 Å². The van der Waals surface area contributed by atoms with Crippen LogP contribution in [0.1, 0.15) is 25.6 Å². The fraction of sp³-hybridized carbons (Fsp3) is 0.571. The largest absolute Gasteiger partial charge is 0.382 e. The molecule has 1 aromatic rings. The molecule has 0 bridgehead atoms. The number of hydrogen-bond donors (Lipinski definition) is 3. The Bertz CT molecular complexity index is 801. The van der Waals surface area contributed by atoms with E-state index >= 15 is 0 Å². The van der Waals surface area contributed by atoms with Gasteiger partial charge in [0.05, 0.1) is 4.83 Å². The van der Waals surface area contributed by atoms with E-state index in [0.717, 1.165) is 18.4 Å². The highest BCUT2D eigenvalue weighted by atomic mass is 79.9. The summed E-state index contributed by atoms with van der Waals surface area (Å²) in [4.78, 5) is 47.9. The standard InChI is InChI=1S/C14H17BrN2O7/c1-5-4-17(13(22)16-11(5)21)12-9(15)14(23,7(3)19)10(24-12)8(20)6(2)18/h4,8-10,12,20,23H,1-3H3,(H,16,21,22)/t8?,9-,10+,12+,14-/m0/s1. The van der Waals surface area contributed by atoms with Gasteiger partial charge in [-0.15, -0.1) is 0 Å². The minimum Gasteiger partial charge on any atom is -0.382 e. The van der Waals surface area contributed by atoms with Crippen molar-refractivity contribution >= 4 is 27.5 Å². The molecule has 10 heteroatoms. The van der Waals surface area contributed by atoms with Gasteiger partial charge in [-0.2, -0.15) is 0 Å². The molecule has 1 saturated heterocycles. The molecular weight excluding hydrogens is 388 g/mol. The molecule has 2 heterocycles. The molecule has 9 nitrogen and oxygen atoms in total. The first kappa shape index (κ1) is 18.7. The van der Waals surface area contributed by atoms with E-state index in [2.05, 4.69) is 20.9 Å². The van der Waals surface area contributed by atoms with Crippen molar-refractivity contribution in [1.82, 2.24) is 9.55 Å². The Morgan fingerprint density at radius 1 is 1.42 bits per heavy atom. The van der Waals surface area contributed by atoms with Crippen molar-refractivity contribution in [2.24, 2.45) is 0 Å². The Labute approximate surface area is 144 Å². The first-order valence-electron chi connectivity index (χ1n) is 7.05. The number of ketones is 2. The number of aliphatic hydroxyl groups is 2. The number of Topliss-reactive ketones (excluding diaryl/α,β-unsaturated/α-hetero) is 2. The summed E-state index contributed by atoms with van der Waals surface area (Å²) >= 11 is 3.13. The van der Waals surface area contributed by atoms with E-state index in [1.807, 2.05) is 0 Å².